The number of aryl methyl sites for hydroxylation is 1. The monoisotopic (exact) mass is 338 g/mol. The first kappa shape index (κ1) is 18.6. The first-order valence-electron chi connectivity index (χ1n) is 8.74. The predicted octanol–water partition coefficient (Wildman–Crippen LogP) is 3.78. The van der Waals surface area contributed by atoms with Gasteiger partial charge in [-0.1, -0.05) is 19.9 Å². The average molecular weight is 338 g/mol. The summed E-state index contributed by atoms with van der Waals surface area (Å²) in [5.41, 5.74) is 6.38. The highest BCUT2D eigenvalue weighted by atomic mass is 16.2. The molecule has 0 saturated heterocycles. The molecule has 0 radical (unpaired) electrons. The van der Waals surface area contributed by atoms with Crippen LogP contribution in [0.15, 0.2) is 47.8 Å². The molecular formula is C20H26N4O. The van der Waals surface area contributed by atoms with E-state index in [9.17, 15) is 4.79 Å². The Morgan fingerprint density at radius 2 is 2.00 bits per heavy atom. The molecular weight excluding hydrogens is 312 g/mol. The van der Waals surface area contributed by atoms with Crippen molar-refractivity contribution in [3.05, 3.63) is 59.4 Å². The first-order chi connectivity index (χ1) is 12.2. The Morgan fingerprint density at radius 3 is 2.60 bits per heavy atom. The molecule has 0 spiro atoms. The Bertz CT molecular complexity index is 707. The Hall–Kier alpha value is -2.69. The smallest absolute Gasteiger partial charge is 0.272 e. The molecule has 1 aromatic heterocycles. The molecule has 0 aliphatic rings. The minimum absolute atomic E-state index is 0.268. The van der Waals surface area contributed by atoms with Gasteiger partial charge in [-0.25, -0.2) is 5.43 Å². The van der Waals surface area contributed by atoms with Crippen LogP contribution in [0, 0.1) is 6.92 Å². The topological polar surface area (TPSA) is 57.6 Å². The lowest BCUT2D eigenvalue weighted by Crippen LogP contribution is -2.24. The van der Waals surface area contributed by atoms with Crippen molar-refractivity contribution in [1.82, 2.24) is 10.4 Å². The zero-order valence-corrected chi connectivity index (χ0v) is 15.2. The molecule has 1 aromatic carbocycles. The van der Waals surface area contributed by atoms with Crippen molar-refractivity contribution in [3.8, 4) is 0 Å². The summed E-state index contributed by atoms with van der Waals surface area (Å²) in [5.74, 6) is -0.268. The van der Waals surface area contributed by atoms with E-state index in [1.54, 1.807) is 24.5 Å². The fourth-order valence-electron chi connectivity index (χ4n) is 2.63. The second kappa shape index (κ2) is 9.57. The van der Waals surface area contributed by atoms with Gasteiger partial charge in [0.05, 0.1) is 11.8 Å². The number of aromatic nitrogens is 1. The van der Waals surface area contributed by atoms with Crippen molar-refractivity contribution >= 4 is 17.8 Å². The summed E-state index contributed by atoms with van der Waals surface area (Å²) in [7, 11) is 0. The number of benzene rings is 1. The van der Waals surface area contributed by atoms with Crippen LogP contribution in [0.3, 0.4) is 0 Å². The van der Waals surface area contributed by atoms with Crippen molar-refractivity contribution in [2.75, 3.05) is 18.0 Å². The van der Waals surface area contributed by atoms with E-state index >= 15 is 0 Å². The third-order valence-corrected chi connectivity index (χ3v) is 3.90. The zero-order valence-electron chi connectivity index (χ0n) is 15.2. The van der Waals surface area contributed by atoms with Gasteiger partial charge < -0.3 is 4.90 Å². The number of rotatable bonds is 8. The Balaban J connectivity index is 2.04. The normalized spacial score (nSPS) is 10.8. The molecule has 5 nitrogen and oxygen atoms in total. The third-order valence-electron chi connectivity index (χ3n) is 3.90. The quantitative estimate of drug-likeness (QED) is 0.589. The maximum Gasteiger partial charge on any atom is 0.272 e. The van der Waals surface area contributed by atoms with E-state index in [1.165, 1.54) is 11.9 Å². The molecule has 1 heterocycles. The SMILES string of the molecule is CCCN(CCC)c1ccc(/C=N/NC(=O)c2cccnc2)c(C)c1. The van der Waals surface area contributed by atoms with Gasteiger partial charge in [0.25, 0.3) is 5.91 Å². The number of carbonyl (C=O) groups is 1. The Kier molecular flexibility index (Phi) is 7.14. The maximum atomic E-state index is 11.9. The highest BCUT2D eigenvalue weighted by molar-refractivity contribution is 5.94. The average Bonchev–Trinajstić information content (AvgIpc) is 2.63. The van der Waals surface area contributed by atoms with Crippen LogP contribution in [-0.2, 0) is 0 Å². The summed E-state index contributed by atoms with van der Waals surface area (Å²) in [6, 6.07) is 9.76. The molecule has 0 aliphatic heterocycles. The number of hydrogen-bond acceptors (Lipinski definition) is 4. The Morgan fingerprint density at radius 1 is 1.24 bits per heavy atom. The van der Waals surface area contributed by atoms with Gasteiger partial charge in [-0.15, -0.1) is 0 Å². The molecule has 0 unspecified atom stereocenters. The second-order valence-electron chi connectivity index (χ2n) is 5.97. The van der Waals surface area contributed by atoms with E-state index in [0.717, 1.165) is 37.1 Å². The van der Waals surface area contributed by atoms with E-state index < -0.39 is 0 Å². The number of nitrogens with zero attached hydrogens (tertiary/aromatic N) is 3. The van der Waals surface area contributed by atoms with Crippen LogP contribution in [0.4, 0.5) is 5.69 Å². The van der Waals surface area contributed by atoms with E-state index in [4.69, 9.17) is 0 Å². The molecule has 1 amide bonds. The van der Waals surface area contributed by atoms with Gasteiger partial charge in [0.1, 0.15) is 0 Å². The summed E-state index contributed by atoms with van der Waals surface area (Å²) in [6.07, 6.45) is 7.08. The molecule has 0 saturated carbocycles. The first-order valence-corrected chi connectivity index (χ1v) is 8.74. The van der Waals surface area contributed by atoms with Crippen molar-refractivity contribution in [3.63, 3.8) is 0 Å². The van der Waals surface area contributed by atoms with Gasteiger partial charge in [0.2, 0.25) is 0 Å². The van der Waals surface area contributed by atoms with Gasteiger partial charge in [-0.3, -0.25) is 9.78 Å². The molecule has 2 aromatic rings. The number of nitrogens with one attached hydrogen (secondary N) is 1. The van der Waals surface area contributed by atoms with E-state index in [-0.39, 0.29) is 5.91 Å². The van der Waals surface area contributed by atoms with Gasteiger partial charge in [0, 0.05) is 31.2 Å². The number of hydrogen-bond donors (Lipinski definition) is 1. The summed E-state index contributed by atoms with van der Waals surface area (Å²) in [6.45, 7) is 8.57. The lowest BCUT2D eigenvalue weighted by molar-refractivity contribution is 0.0955. The third kappa shape index (κ3) is 5.41. The highest BCUT2D eigenvalue weighted by Crippen LogP contribution is 2.19. The van der Waals surface area contributed by atoms with Crippen molar-refractivity contribution in [1.29, 1.82) is 0 Å². The van der Waals surface area contributed by atoms with Gasteiger partial charge in [-0.2, -0.15) is 5.10 Å². The zero-order chi connectivity index (χ0) is 18.1. The summed E-state index contributed by atoms with van der Waals surface area (Å²) >= 11 is 0. The fourth-order valence-corrected chi connectivity index (χ4v) is 2.63. The molecule has 1 N–H and O–H groups in total. The molecule has 0 atom stereocenters. The molecule has 5 heteroatoms. The summed E-state index contributed by atoms with van der Waals surface area (Å²) < 4.78 is 0. The number of pyridine rings is 1. The van der Waals surface area contributed by atoms with Crippen LogP contribution in [-0.4, -0.2) is 30.2 Å². The molecule has 0 aliphatic carbocycles. The number of anilines is 1. The van der Waals surface area contributed by atoms with Crippen LogP contribution in [0.1, 0.15) is 48.2 Å². The standard InChI is InChI=1S/C20H26N4O/c1-4-11-24(12-5-2)19-9-8-17(16(3)13-19)15-22-23-20(25)18-7-6-10-21-14-18/h6-10,13-15H,4-5,11-12H2,1-3H3,(H,23,25)/b22-15+. The van der Waals surface area contributed by atoms with Crippen LogP contribution in [0.25, 0.3) is 0 Å². The van der Waals surface area contributed by atoms with Crippen LogP contribution in [0.2, 0.25) is 0 Å². The lowest BCUT2D eigenvalue weighted by atomic mass is 10.1. The Labute approximate surface area is 149 Å². The highest BCUT2D eigenvalue weighted by Gasteiger charge is 2.06. The predicted molar refractivity (Wildman–Crippen MR) is 103 cm³/mol. The molecule has 0 fully saturated rings. The molecule has 0 bridgehead atoms. The maximum absolute atomic E-state index is 11.9. The van der Waals surface area contributed by atoms with Crippen molar-refractivity contribution in [2.45, 2.75) is 33.6 Å². The van der Waals surface area contributed by atoms with Crippen molar-refractivity contribution < 1.29 is 4.79 Å². The molecule has 2 rings (SSSR count). The van der Waals surface area contributed by atoms with E-state index in [1.807, 2.05) is 6.07 Å². The summed E-state index contributed by atoms with van der Waals surface area (Å²) in [4.78, 5) is 18.3. The number of hydrazone groups is 1. The number of amides is 1. The van der Waals surface area contributed by atoms with Crippen LogP contribution >= 0.6 is 0 Å². The fraction of sp³-hybridized carbons (Fsp3) is 0.350. The van der Waals surface area contributed by atoms with Gasteiger partial charge in [0.15, 0.2) is 0 Å². The van der Waals surface area contributed by atoms with Crippen LogP contribution < -0.4 is 10.3 Å². The molecule has 132 valence electrons. The lowest BCUT2D eigenvalue weighted by Gasteiger charge is -2.24. The molecule has 25 heavy (non-hydrogen) atoms. The largest absolute Gasteiger partial charge is 0.372 e. The van der Waals surface area contributed by atoms with E-state index in [2.05, 4.69) is 53.3 Å². The van der Waals surface area contributed by atoms with Crippen LogP contribution in [0.5, 0.6) is 0 Å². The summed E-state index contributed by atoms with van der Waals surface area (Å²) in [5, 5.41) is 4.06. The second-order valence-corrected chi connectivity index (χ2v) is 5.97. The number of carbonyl (C=O) groups excluding carboxylic acids is 1. The minimum atomic E-state index is -0.268. The van der Waals surface area contributed by atoms with Gasteiger partial charge in [-0.05, 0) is 55.2 Å². The van der Waals surface area contributed by atoms with E-state index in [0.29, 0.717) is 5.56 Å². The minimum Gasteiger partial charge on any atom is -0.372 e. The van der Waals surface area contributed by atoms with Crippen molar-refractivity contribution in [2.24, 2.45) is 5.10 Å². The van der Waals surface area contributed by atoms with Gasteiger partial charge >= 0.3 is 0 Å².